The average molecular weight is 360 g/mol. The Kier molecular flexibility index (Phi) is 11.3. The van der Waals surface area contributed by atoms with E-state index >= 15 is 0 Å². The smallest absolute Gasteiger partial charge is 0.220 e. The molecule has 2 unspecified atom stereocenters. The van der Waals surface area contributed by atoms with E-state index in [1.54, 1.807) is 0 Å². The van der Waals surface area contributed by atoms with Crippen molar-refractivity contribution in [1.82, 2.24) is 5.32 Å². The van der Waals surface area contributed by atoms with E-state index in [-0.39, 0.29) is 5.91 Å². The number of nitrogens with one attached hydrogen (secondary N) is 1. The Labute approximate surface area is 140 Å². The zero-order valence-electron chi connectivity index (χ0n) is 13.8. The summed E-state index contributed by atoms with van der Waals surface area (Å²) in [6, 6.07) is 0. The van der Waals surface area contributed by atoms with Gasteiger partial charge >= 0.3 is 0 Å². The second-order valence-corrected chi connectivity index (χ2v) is 7.28. The molecule has 0 heterocycles. The summed E-state index contributed by atoms with van der Waals surface area (Å²) in [7, 11) is 0. The molecule has 0 saturated heterocycles. The molecule has 124 valence electrons. The van der Waals surface area contributed by atoms with Crippen LogP contribution >= 0.6 is 15.9 Å². The molecule has 0 aromatic carbocycles. The zero-order valence-corrected chi connectivity index (χ0v) is 15.4. The van der Waals surface area contributed by atoms with Crippen molar-refractivity contribution in [3.63, 3.8) is 0 Å². The van der Waals surface area contributed by atoms with Crippen LogP contribution < -0.4 is 5.32 Å². The van der Waals surface area contributed by atoms with E-state index in [4.69, 9.17) is 0 Å². The summed E-state index contributed by atoms with van der Waals surface area (Å²) >= 11 is 3.62. The van der Waals surface area contributed by atoms with Gasteiger partial charge in [-0.3, -0.25) is 4.79 Å². The maximum Gasteiger partial charge on any atom is 0.220 e. The quantitative estimate of drug-likeness (QED) is 0.385. The van der Waals surface area contributed by atoms with Gasteiger partial charge in [0.2, 0.25) is 5.91 Å². The molecular weight excluding hydrogens is 326 g/mol. The normalized spacial score (nSPS) is 22.2. The van der Waals surface area contributed by atoms with Crippen LogP contribution in [0.25, 0.3) is 0 Å². The highest BCUT2D eigenvalue weighted by Gasteiger charge is 2.24. The SMILES string of the molecule is CCCCCCCCCC(=O)NCC1CCCCC1CBr. The van der Waals surface area contributed by atoms with Gasteiger partial charge in [0.05, 0.1) is 0 Å². The Morgan fingerprint density at radius 3 is 2.29 bits per heavy atom. The van der Waals surface area contributed by atoms with Gasteiger partial charge in [-0.1, -0.05) is 74.2 Å². The first kappa shape index (κ1) is 19.0. The lowest BCUT2D eigenvalue weighted by molar-refractivity contribution is -0.121. The molecule has 2 atom stereocenters. The minimum Gasteiger partial charge on any atom is -0.356 e. The van der Waals surface area contributed by atoms with Crippen LogP contribution in [0.2, 0.25) is 0 Å². The summed E-state index contributed by atoms with van der Waals surface area (Å²) in [5.41, 5.74) is 0. The first-order chi connectivity index (χ1) is 10.3. The first-order valence-electron chi connectivity index (χ1n) is 9.10. The number of hydrogen-bond acceptors (Lipinski definition) is 1. The first-order valence-corrected chi connectivity index (χ1v) is 10.2. The number of halogens is 1. The van der Waals surface area contributed by atoms with E-state index in [0.717, 1.165) is 30.6 Å². The Hall–Kier alpha value is -0.0500. The summed E-state index contributed by atoms with van der Waals surface area (Å²) in [6.07, 6.45) is 15.0. The van der Waals surface area contributed by atoms with Crippen LogP contribution in [0.4, 0.5) is 0 Å². The molecule has 0 aliphatic heterocycles. The zero-order chi connectivity index (χ0) is 15.3. The van der Waals surface area contributed by atoms with Crippen LogP contribution in [0.5, 0.6) is 0 Å². The molecule has 1 aliphatic rings. The second-order valence-electron chi connectivity index (χ2n) is 6.63. The van der Waals surface area contributed by atoms with E-state index in [1.807, 2.05) is 0 Å². The molecule has 1 rings (SSSR count). The van der Waals surface area contributed by atoms with Gasteiger partial charge in [0.15, 0.2) is 0 Å². The molecule has 0 spiro atoms. The third-order valence-corrected chi connectivity index (χ3v) is 5.67. The Bertz CT molecular complexity index is 270. The van der Waals surface area contributed by atoms with Gasteiger partial charge in [-0.15, -0.1) is 0 Å². The molecule has 2 nitrogen and oxygen atoms in total. The highest BCUT2D eigenvalue weighted by molar-refractivity contribution is 9.09. The van der Waals surface area contributed by atoms with E-state index in [1.165, 1.54) is 64.2 Å². The number of carbonyl (C=O) groups excluding carboxylic acids is 1. The van der Waals surface area contributed by atoms with Gasteiger partial charge in [-0.2, -0.15) is 0 Å². The fraction of sp³-hybridized carbons (Fsp3) is 0.944. The minimum absolute atomic E-state index is 0.266. The van der Waals surface area contributed by atoms with Crippen LogP contribution in [-0.4, -0.2) is 17.8 Å². The predicted molar refractivity (Wildman–Crippen MR) is 94.9 cm³/mol. The van der Waals surface area contributed by atoms with Crippen molar-refractivity contribution in [3.8, 4) is 0 Å². The molecule has 0 bridgehead atoms. The van der Waals surface area contributed by atoms with Crippen molar-refractivity contribution in [2.45, 2.75) is 84.0 Å². The molecule has 1 amide bonds. The molecule has 1 saturated carbocycles. The van der Waals surface area contributed by atoms with Gasteiger partial charge in [-0.25, -0.2) is 0 Å². The van der Waals surface area contributed by atoms with Crippen LogP contribution in [0.1, 0.15) is 84.0 Å². The fourth-order valence-corrected chi connectivity index (χ4v) is 4.18. The molecule has 3 heteroatoms. The van der Waals surface area contributed by atoms with Gasteiger partial charge in [0, 0.05) is 18.3 Å². The van der Waals surface area contributed by atoms with Crippen LogP contribution in [0.3, 0.4) is 0 Å². The summed E-state index contributed by atoms with van der Waals surface area (Å²) in [4.78, 5) is 11.9. The van der Waals surface area contributed by atoms with Gasteiger partial charge in [0.25, 0.3) is 0 Å². The van der Waals surface area contributed by atoms with Crippen molar-refractivity contribution < 1.29 is 4.79 Å². The molecule has 0 aromatic heterocycles. The number of unbranched alkanes of at least 4 members (excludes halogenated alkanes) is 6. The molecule has 1 fully saturated rings. The lowest BCUT2D eigenvalue weighted by Crippen LogP contribution is -2.34. The van der Waals surface area contributed by atoms with E-state index in [2.05, 4.69) is 28.2 Å². The van der Waals surface area contributed by atoms with Gasteiger partial charge in [0.1, 0.15) is 0 Å². The molecule has 0 aromatic rings. The standard InChI is InChI=1S/C18H34BrNO/c1-2-3-4-5-6-7-8-13-18(21)20-15-17-12-10-9-11-16(17)14-19/h16-17H,2-15H2,1H3,(H,20,21). The van der Waals surface area contributed by atoms with Crippen molar-refractivity contribution in [2.75, 3.05) is 11.9 Å². The fourth-order valence-electron chi connectivity index (χ4n) is 3.33. The highest BCUT2D eigenvalue weighted by Crippen LogP contribution is 2.30. The number of carbonyl (C=O) groups is 1. The largest absolute Gasteiger partial charge is 0.356 e. The lowest BCUT2D eigenvalue weighted by atomic mass is 9.80. The minimum atomic E-state index is 0.266. The van der Waals surface area contributed by atoms with E-state index in [0.29, 0.717) is 5.92 Å². The van der Waals surface area contributed by atoms with Gasteiger partial charge in [-0.05, 0) is 31.1 Å². The topological polar surface area (TPSA) is 29.1 Å². The summed E-state index contributed by atoms with van der Waals surface area (Å²) < 4.78 is 0. The Balaban J connectivity index is 2.00. The number of alkyl halides is 1. The molecule has 1 N–H and O–H groups in total. The summed E-state index contributed by atoms with van der Waals surface area (Å²) in [6.45, 7) is 3.14. The third kappa shape index (κ3) is 8.85. The second kappa shape index (κ2) is 12.5. The van der Waals surface area contributed by atoms with Crippen molar-refractivity contribution >= 4 is 21.8 Å². The Morgan fingerprint density at radius 1 is 1.00 bits per heavy atom. The highest BCUT2D eigenvalue weighted by atomic mass is 79.9. The molecule has 1 aliphatic carbocycles. The number of rotatable bonds is 11. The third-order valence-electron chi connectivity index (χ3n) is 4.83. The average Bonchev–Trinajstić information content (AvgIpc) is 2.52. The monoisotopic (exact) mass is 359 g/mol. The lowest BCUT2D eigenvalue weighted by Gasteiger charge is -2.30. The summed E-state index contributed by atoms with van der Waals surface area (Å²) in [5.74, 6) is 1.72. The Morgan fingerprint density at radius 2 is 1.62 bits per heavy atom. The number of hydrogen-bond donors (Lipinski definition) is 1. The van der Waals surface area contributed by atoms with Crippen molar-refractivity contribution in [2.24, 2.45) is 11.8 Å². The number of amides is 1. The molecular formula is C18H34BrNO. The van der Waals surface area contributed by atoms with E-state index in [9.17, 15) is 4.79 Å². The van der Waals surface area contributed by atoms with Crippen molar-refractivity contribution in [3.05, 3.63) is 0 Å². The molecule has 21 heavy (non-hydrogen) atoms. The van der Waals surface area contributed by atoms with Gasteiger partial charge < -0.3 is 5.32 Å². The van der Waals surface area contributed by atoms with Crippen molar-refractivity contribution in [1.29, 1.82) is 0 Å². The van der Waals surface area contributed by atoms with Crippen LogP contribution in [0, 0.1) is 11.8 Å². The molecule has 0 radical (unpaired) electrons. The maximum atomic E-state index is 11.9. The van der Waals surface area contributed by atoms with Crippen LogP contribution in [-0.2, 0) is 4.79 Å². The van der Waals surface area contributed by atoms with E-state index < -0.39 is 0 Å². The predicted octanol–water partition coefficient (Wildman–Crippen LogP) is 5.44. The summed E-state index contributed by atoms with van der Waals surface area (Å²) in [5, 5.41) is 4.26. The van der Waals surface area contributed by atoms with Crippen LogP contribution in [0.15, 0.2) is 0 Å². The maximum absolute atomic E-state index is 11.9.